The van der Waals surface area contributed by atoms with E-state index in [1.54, 1.807) is 6.92 Å². The first-order valence-electron chi connectivity index (χ1n) is 5.09. The normalized spacial score (nSPS) is 16.6. The van der Waals surface area contributed by atoms with Gasteiger partial charge in [-0.2, -0.15) is 0 Å². The Kier molecular flexibility index (Phi) is 5.53. The van der Waals surface area contributed by atoms with Crippen LogP contribution in [0.5, 0.6) is 0 Å². The molecule has 0 fully saturated rings. The Hall–Kier alpha value is -0.120. The van der Waals surface area contributed by atoms with E-state index in [1.165, 1.54) is 0 Å². The average molecular weight is 188 g/mol. The molecule has 0 aromatic heterocycles. The van der Waals surface area contributed by atoms with Crippen molar-refractivity contribution in [2.24, 2.45) is 5.73 Å². The van der Waals surface area contributed by atoms with E-state index >= 15 is 0 Å². The molecule has 3 nitrogen and oxygen atoms in total. The zero-order valence-electron chi connectivity index (χ0n) is 9.38. The van der Waals surface area contributed by atoms with E-state index in [0.717, 1.165) is 19.5 Å². The quantitative estimate of drug-likeness (QED) is 0.649. The second-order valence-electron chi connectivity index (χ2n) is 4.17. The maximum Gasteiger partial charge on any atom is 0.0753 e. The molecule has 0 spiro atoms. The van der Waals surface area contributed by atoms with Gasteiger partial charge in [-0.15, -0.1) is 0 Å². The number of hydrogen-bond acceptors (Lipinski definition) is 3. The molecule has 0 saturated heterocycles. The summed E-state index contributed by atoms with van der Waals surface area (Å²) in [6.45, 7) is 10.5. The Bertz CT molecular complexity index is 135. The third kappa shape index (κ3) is 5.24. The van der Waals surface area contributed by atoms with Crippen molar-refractivity contribution in [3.63, 3.8) is 0 Å². The molecule has 0 rings (SSSR count). The minimum atomic E-state index is -0.706. The molecule has 0 aliphatic rings. The second kappa shape index (κ2) is 5.58. The van der Waals surface area contributed by atoms with Crippen LogP contribution in [0.1, 0.15) is 34.1 Å². The Morgan fingerprint density at radius 3 is 2.31 bits per heavy atom. The minimum absolute atomic E-state index is 0.336. The Morgan fingerprint density at radius 1 is 1.46 bits per heavy atom. The molecule has 0 radical (unpaired) electrons. The summed E-state index contributed by atoms with van der Waals surface area (Å²) >= 11 is 0. The molecule has 0 bridgehead atoms. The summed E-state index contributed by atoms with van der Waals surface area (Å²) in [7, 11) is 0. The lowest BCUT2D eigenvalue weighted by molar-refractivity contribution is 0.0446. The summed E-state index contributed by atoms with van der Waals surface area (Å²) in [5.74, 6) is 0. The predicted octanol–water partition coefficient (Wildman–Crippen LogP) is 0.816. The van der Waals surface area contributed by atoms with Crippen LogP contribution < -0.4 is 5.73 Å². The van der Waals surface area contributed by atoms with E-state index in [0.29, 0.717) is 12.6 Å². The van der Waals surface area contributed by atoms with Crippen LogP contribution in [0.25, 0.3) is 0 Å². The van der Waals surface area contributed by atoms with Crippen molar-refractivity contribution in [3.8, 4) is 0 Å². The Balaban J connectivity index is 3.85. The number of nitrogens with zero attached hydrogens (tertiary/aromatic N) is 1. The van der Waals surface area contributed by atoms with Gasteiger partial charge >= 0.3 is 0 Å². The van der Waals surface area contributed by atoms with Gasteiger partial charge in [0, 0.05) is 19.1 Å². The van der Waals surface area contributed by atoms with E-state index in [-0.39, 0.29) is 0 Å². The smallest absolute Gasteiger partial charge is 0.0753 e. The van der Waals surface area contributed by atoms with Crippen molar-refractivity contribution in [1.29, 1.82) is 0 Å². The molecule has 0 heterocycles. The summed E-state index contributed by atoms with van der Waals surface area (Å²) in [5, 5.41) is 9.70. The molecule has 0 saturated carbocycles. The maximum atomic E-state index is 9.70. The fourth-order valence-corrected chi connectivity index (χ4v) is 1.27. The van der Waals surface area contributed by atoms with Gasteiger partial charge in [-0.3, -0.25) is 0 Å². The first-order valence-corrected chi connectivity index (χ1v) is 5.09. The maximum absolute atomic E-state index is 9.70. The van der Waals surface area contributed by atoms with Crippen LogP contribution in [0.4, 0.5) is 0 Å². The van der Waals surface area contributed by atoms with Gasteiger partial charge in [-0.25, -0.2) is 0 Å². The lowest BCUT2D eigenvalue weighted by atomic mass is 10.0. The fourth-order valence-electron chi connectivity index (χ4n) is 1.27. The van der Waals surface area contributed by atoms with Crippen molar-refractivity contribution in [3.05, 3.63) is 0 Å². The molecule has 0 aromatic rings. The van der Waals surface area contributed by atoms with E-state index in [4.69, 9.17) is 5.73 Å². The van der Waals surface area contributed by atoms with E-state index in [9.17, 15) is 5.11 Å². The SMILES string of the molecule is CCN(CCC(C)(O)CN)C(C)C. The summed E-state index contributed by atoms with van der Waals surface area (Å²) in [6.07, 6.45) is 0.746. The largest absolute Gasteiger partial charge is 0.389 e. The van der Waals surface area contributed by atoms with Crippen molar-refractivity contribution >= 4 is 0 Å². The number of nitrogens with two attached hydrogens (primary N) is 1. The lowest BCUT2D eigenvalue weighted by Gasteiger charge is -2.29. The van der Waals surface area contributed by atoms with Crippen molar-refractivity contribution in [2.75, 3.05) is 19.6 Å². The Labute approximate surface area is 81.9 Å². The van der Waals surface area contributed by atoms with E-state index < -0.39 is 5.60 Å². The third-order valence-electron chi connectivity index (χ3n) is 2.51. The van der Waals surface area contributed by atoms with Crippen molar-refractivity contribution in [2.45, 2.75) is 45.8 Å². The minimum Gasteiger partial charge on any atom is -0.389 e. The highest BCUT2D eigenvalue weighted by molar-refractivity contribution is 4.75. The van der Waals surface area contributed by atoms with Crippen molar-refractivity contribution < 1.29 is 5.11 Å². The van der Waals surface area contributed by atoms with Crippen LogP contribution in [-0.4, -0.2) is 41.3 Å². The monoisotopic (exact) mass is 188 g/mol. The van der Waals surface area contributed by atoms with Gasteiger partial charge < -0.3 is 15.7 Å². The van der Waals surface area contributed by atoms with Crippen LogP contribution in [0.2, 0.25) is 0 Å². The zero-order valence-corrected chi connectivity index (χ0v) is 9.38. The standard InChI is InChI=1S/C10H24N2O/c1-5-12(9(2)3)7-6-10(4,13)8-11/h9,13H,5-8,11H2,1-4H3. The van der Waals surface area contributed by atoms with Gasteiger partial charge in [0.25, 0.3) is 0 Å². The summed E-state index contributed by atoms with van der Waals surface area (Å²) in [5.41, 5.74) is 4.74. The highest BCUT2D eigenvalue weighted by atomic mass is 16.3. The molecule has 80 valence electrons. The third-order valence-corrected chi connectivity index (χ3v) is 2.51. The van der Waals surface area contributed by atoms with Crippen LogP contribution in [-0.2, 0) is 0 Å². The van der Waals surface area contributed by atoms with Gasteiger partial charge in [0.15, 0.2) is 0 Å². The predicted molar refractivity (Wildman–Crippen MR) is 56.7 cm³/mol. The van der Waals surface area contributed by atoms with Crippen LogP contribution >= 0.6 is 0 Å². The number of rotatable bonds is 6. The summed E-state index contributed by atoms with van der Waals surface area (Å²) < 4.78 is 0. The molecule has 3 N–H and O–H groups in total. The second-order valence-corrected chi connectivity index (χ2v) is 4.17. The van der Waals surface area contributed by atoms with E-state index in [2.05, 4.69) is 25.7 Å². The van der Waals surface area contributed by atoms with Gasteiger partial charge in [0.2, 0.25) is 0 Å². The van der Waals surface area contributed by atoms with Gasteiger partial charge in [-0.1, -0.05) is 6.92 Å². The molecule has 0 aliphatic heterocycles. The molecule has 0 amide bonds. The van der Waals surface area contributed by atoms with Crippen LogP contribution in [0, 0.1) is 0 Å². The average Bonchev–Trinajstić information content (AvgIpc) is 2.05. The molecule has 0 aliphatic carbocycles. The van der Waals surface area contributed by atoms with Crippen LogP contribution in [0.3, 0.4) is 0 Å². The van der Waals surface area contributed by atoms with Gasteiger partial charge in [0.1, 0.15) is 0 Å². The molecule has 13 heavy (non-hydrogen) atoms. The first-order chi connectivity index (χ1) is 5.93. The Morgan fingerprint density at radius 2 is 2.00 bits per heavy atom. The highest BCUT2D eigenvalue weighted by Crippen LogP contribution is 2.09. The first kappa shape index (κ1) is 12.9. The topological polar surface area (TPSA) is 49.5 Å². The summed E-state index contributed by atoms with van der Waals surface area (Å²) in [6, 6.07) is 0.540. The fraction of sp³-hybridized carbons (Fsp3) is 1.00. The number of aliphatic hydroxyl groups is 1. The number of hydrogen-bond donors (Lipinski definition) is 2. The molecule has 0 aromatic carbocycles. The van der Waals surface area contributed by atoms with E-state index in [1.807, 2.05) is 0 Å². The highest BCUT2D eigenvalue weighted by Gasteiger charge is 2.19. The molecule has 1 unspecified atom stereocenters. The summed E-state index contributed by atoms with van der Waals surface area (Å²) in [4.78, 5) is 2.32. The zero-order chi connectivity index (χ0) is 10.5. The lowest BCUT2D eigenvalue weighted by Crippen LogP contribution is -2.40. The molecule has 1 atom stereocenters. The molecular weight excluding hydrogens is 164 g/mol. The molecular formula is C10H24N2O. The van der Waals surface area contributed by atoms with Crippen molar-refractivity contribution in [1.82, 2.24) is 4.90 Å². The van der Waals surface area contributed by atoms with Crippen LogP contribution in [0.15, 0.2) is 0 Å². The molecule has 3 heteroatoms. The van der Waals surface area contributed by atoms with Gasteiger partial charge in [0.05, 0.1) is 5.60 Å². The van der Waals surface area contributed by atoms with Gasteiger partial charge in [-0.05, 0) is 33.7 Å².